The number of hydrogen-bond acceptors (Lipinski definition) is 10. The molecule has 0 radical (unpaired) electrons. The summed E-state index contributed by atoms with van der Waals surface area (Å²) >= 11 is 0. The van der Waals surface area contributed by atoms with Gasteiger partial charge >= 0.3 is 0 Å². The average molecular weight is 600 g/mol. The number of rotatable bonds is 10. The van der Waals surface area contributed by atoms with Crippen LogP contribution in [0.4, 0.5) is 26.2 Å². The van der Waals surface area contributed by atoms with Gasteiger partial charge in [-0.3, -0.25) is 9.11 Å². The van der Waals surface area contributed by atoms with E-state index >= 15 is 4.39 Å². The Labute approximate surface area is 242 Å². The molecule has 0 aliphatic carbocycles. The molecule has 4 aromatic rings. The van der Waals surface area contributed by atoms with Gasteiger partial charge in [-0.15, -0.1) is 0 Å². The molecule has 1 aliphatic rings. The number of ether oxygens (including phenoxy) is 2. The van der Waals surface area contributed by atoms with Crippen LogP contribution in [-0.2, 0) is 14.8 Å². The predicted molar refractivity (Wildman–Crippen MR) is 157 cm³/mol. The lowest BCUT2D eigenvalue weighted by molar-refractivity contribution is 0.0987. The maximum Gasteiger partial charge on any atom is 0.232 e. The van der Waals surface area contributed by atoms with Gasteiger partial charge in [0.2, 0.25) is 16.0 Å². The highest BCUT2D eigenvalue weighted by molar-refractivity contribution is 7.92. The van der Waals surface area contributed by atoms with Crippen LogP contribution in [0.25, 0.3) is 33.4 Å². The number of halogens is 2. The highest BCUT2D eigenvalue weighted by Crippen LogP contribution is 2.39. The SMILES string of the molecule is CCOc1cc(-c2cccc(NS(=O)(=O)CCCF)c2F)cc2c(N3CCOC[C@H]3C)nc(-c3cnc(N)nc3)nc12. The quantitative estimate of drug-likeness (QED) is 0.272. The highest BCUT2D eigenvalue weighted by atomic mass is 32.2. The average Bonchev–Trinajstić information content (AvgIpc) is 2.97. The third-order valence-corrected chi connectivity index (χ3v) is 8.09. The third kappa shape index (κ3) is 6.19. The van der Waals surface area contributed by atoms with Crippen molar-refractivity contribution in [3.05, 3.63) is 48.5 Å². The van der Waals surface area contributed by atoms with E-state index in [0.717, 1.165) is 0 Å². The van der Waals surface area contributed by atoms with Gasteiger partial charge in [-0.2, -0.15) is 0 Å². The van der Waals surface area contributed by atoms with Crippen LogP contribution in [0.1, 0.15) is 20.3 Å². The number of nitrogens with zero attached hydrogens (tertiary/aromatic N) is 5. The molecule has 1 fully saturated rings. The summed E-state index contributed by atoms with van der Waals surface area (Å²) in [7, 11) is -3.94. The molecule has 1 atom stereocenters. The number of sulfonamides is 1. The van der Waals surface area contributed by atoms with Gasteiger partial charge in [-0.05, 0) is 44.0 Å². The van der Waals surface area contributed by atoms with Crippen molar-refractivity contribution in [2.45, 2.75) is 26.3 Å². The molecule has 11 nitrogen and oxygen atoms in total. The van der Waals surface area contributed by atoms with Crippen molar-refractivity contribution in [1.82, 2.24) is 19.9 Å². The Hall–Kier alpha value is -4.17. The topological polar surface area (TPSA) is 145 Å². The molecular weight excluding hydrogens is 568 g/mol. The van der Waals surface area contributed by atoms with Crippen LogP contribution < -0.4 is 20.1 Å². The summed E-state index contributed by atoms with van der Waals surface area (Å²) in [4.78, 5) is 19.9. The van der Waals surface area contributed by atoms with Crippen LogP contribution in [0, 0.1) is 5.82 Å². The van der Waals surface area contributed by atoms with Gasteiger partial charge in [-0.1, -0.05) is 12.1 Å². The van der Waals surface area contributed by atoms with Gasteiger partial charge in [0.15, 0.2) is 11.6 Å². The Morgan fingerprint density at radius 3 is 2.69 bits per heavy atom. The van der Waals surface area contributed by atoms with E-state index < -0.39 is 28.3 Å². The van der Waals surface area contributed by atoms with Crippen LogP contribution in [0.3, 0.4) is 0 Å². The van der Waals surface area contributed by atoms with Gasteiger partial charge in [0.05, 0.1) is 49.5 Å². The largest absolute Gasteiger partial charge is 0.492 e. The maximum absolute atomic E-state index is 15.8. The minimum absolute atomic E-state index is 0.0228. The molecule has 14 heteroatoms. The number of anilines is 3. The Morgan fingerprint density at radius 1 is 1.19 bits per heavy atom. The number of fused-ring (bicyclic) bond motifs is 1. The number of nitrogen functional groups attached to an aromatic ring is 1. The van der Waals surface area contributed by atoms with Crippen molar-refractivity contribution in [3.63, 3.8) is 0 Å². The molecular formula is C28H31F2N7O4S. The van der Waals surface area contributed by atoms with Crippen LogP contribution in [0.15, 0.2) is 42.7 Å². The molecule has 0 unspecified atom stereocenters. The van der Waals surface area contributed by atoms with Crippen molar-refractivity contribution in [1.29, 1.82) is 0 Å². The molecule has 42 heavy (non-hydrogen) atoms. The molecule has 5 rings (SSSR count). The maximum atomic E-state index is 15.8. The molecule has 0 saturated carbocycles. The first-order valence-corrected chi connectivity index (χ1v) is 15.1. The van der Waals surface area contributed by atoms with E-state index in [4.69, 9.17) is 25.2 Å². The number of hydrogen-bond donors (Lipinski definition) is 2. The summed E-state index contributed by atoms with van der Waals surface area (Å²) in [5.74, 6) is 0.226. The van der Waals surface area contributed by atoms with Gasteiger partial charge < -0.3 is 20.1 Å². The number of benzene rings is 2. The van der Waals surface area contributed by atoms with Crippen LogP contribution >= 0.6 is 0 Å². The molecule has 2 aromatic carbocycles. The summed E-state index contributed by atoms with van der Waals surface area (Å²) in [6.07, 6.45) is 2.90. The normalized spacial score (nSPS) is 15.6. The van der Waals surface area contributed by atoms with Crippen molar-refractivity contribution in [2.75, 3.05) is 54.1 Å². The number of nitrogens with one attached hydrogen (secondary N) is 1. The van der Waals surface area contributed by atoms with E-state index in [-0.39, 0.29) is 29.7 Å². The minimum atomic E-state index is -3.94. The second-order valence-corrected chi connectivity index (χ2v) is 11.6. The molecule has 222 valence electrons. The van der Waals surface area contributed by atoms with Gasteiger partial charge in [0.1, 0.15) is 17.1 Å². The second-order valence-electron chi connectivity index (χ2n) is 9.75. The summed E-state index contributed by atoms with van der Waals surface area (Å²) < 4.78 is 67.1. The number of morpholine rings is 1. The Balaban J connectivity index is 1.70. The van der Waals surface area contributed by atoms with Crippen molar-refractivity contribution >= 4 is 38.4 Å². The Kier molecular flexibility index (Phi) is 8.64. The lowest BCUT2D eigenvalue weighted by atomic mass is 10.0. The molecule has 1 saturated heterocycles. The van der Waals surface area contributed by atoms with Crippen molar-refractivity contribution in [3.8, 4) is 28.3 Å². The van der Waals surface area contributed by atoms with Gasteiger partial charge in [0.25, 0.3) is 0 Å². The molecule has 2 aromatic heterocycles. The van der Waals surface area contributed by atoms with Crippen LogP contribution in [-0.4, -0.2) is 73.2 Å². The predicted octanol–water partition coefficient (Wildman–Crippen LogP) is 4.20. The van der Waals surface area contributed by atoms with Gasteiger partial charge in [-0.25, -0.2) is 32.7 Å². The first-order chi connectivity index (χ1) is 20.2. The van der Waals surface area contributed by atoms with E-state index in [1.807, 2.05) is 13.8 Å². The number of nitrogens with two attached hydrogens (primary N) is 1. The summed E-state index contributed by atoms with van der Waals surface area (Å²) in [5, 5.41) is 0.609. The van der Waals surface area contributed by atoms with Crippen molar-refractivity contribution < 1.29 is 26.7 Å². The summed E-state index contributed by atoms with van der Waals surface area (Å²) in [6.45, 7) is 4.90. The van der Waals surface area contributed by atoms with E-state index in [1.165, 1.54) is 6.07 Å². The molecule has 1 aliphatic heterocycles. The van der Waals surface area contributed by atoms with E-state index in [2.05, 4.69) is 19.6 Å². The fourth-order valence-electron chi connectivity index (χ4n) is 4.75. The zero-order chi connectivity index (χ0) is 29.9. The molecule has 0 spiro atoms. The van der Waals surface area contributed by atoms with Gasteiger partial charge in [0, 0.05) is 29.9 Å². The lowest BCUT2D eigenvalue weighted by Gasteiger charge is -2.35. The molecule has 0 amide bonds. The van der Waals surface area contributed by atoms with E-state index in [9.17, 15) is 12.8 Å². The third-order valence-electron chi connectivity index (χ3n) is 6.74. The van der Waals surface area contributed by atoms with Crippen LogP contribution in [0.2, 0.25) is 0 Å². The molecule has 0 bridgehead atoms. The van der Waals surface area contributed by atoms with Crippen LogP contribution in [0.5, 0.6) is 5.75 Å². The summed E-state index contributed by atoms with van der Waals surface area (Å²) in [5.41, 5.74) is 7.08. The number of aromatic nitrogens is 4. The Morgan fingerprint density at radius 2 is 1.98 bits per heavy atom. The van der Waals surface area contributed by atoms with E-state index in [1.54, 1.807) is 36.7 Å². The lowest BCUT2D eigenvalue weighted by Crippen LogP contribution is -2.44. The second kappa shape index (κ2) is 12.4. The standard InChI is InChI=1S/C28H31F2N7O4S/c1-3-41-23-13-18(20-6-4-7-22(24(20)30)36-42(38,39)11-5-8-29)12-21-25(23)34-26(19-14-32-28(31)33-15-19)35-27(21)37-9-10-40-16-17(37)2/h4,6-7,12-15,17,36H,3,5,8-11,16H2,1-2H3,(H2,31,32,33)/t17-/m1/s1. The summed E-state index contributed by atoms with van der Waals surface area (Å²) in [6, 6.07) is 7.81. The first-order valence-electron chi connectivity index (χ1n) is 13.5. The minimum Gasteiger partial charge on any atom is -0.492 e. The monoisotopic (exact) mass is 599 g/mol. The Bertz CT molecular complexity index is 1690. The zero-order valence-corrected chi connectivity index (χ0v) is 24.0. The fourth-order valence-corrected chi connectivity index (χ4v) is 5.83. The fraction of sp³-hybridized carbons (Fsp3) is 0.357. The van der Waals surface area contributed by atoms with Crippen molar-refractivity contribution in [2.24, 2.45) is 0 Å². The first kappa shape index (κ1) is 29.3. The molecule has 3 heterocycles. The highest BCUT2D eigenvalue weighted by Gasteiger charge is 2.26. The smallest absolute Gasteiger partial charge is 0.232 e. The number of alkyl halides is 1. The molecule has 3 N–H and O–H groups in total. The van der Waals surface area contributed by atoms with E-state index in [0.29, 0.717) is 65.8 Å². The zero-order valence-electron chi connectivity index (χ0n) is 23.2.